The number of hydrogen-bond acceptors (Lipinski definition) is 6. The van der Waals surface area contributed by atoms with E-state index >= 15 is 0 Å². The molecule has 0 radical (unpaired) electrons. The third-order valence-electron chi connectivity index (χ3n) is 7.64. The Hall–Kier alpha value is -3.43. The van der Waals surface area contributed by atoms with Crippen LogP contribution < -0.4 is 26.6 Å². The number of nitrogens with zero attached hydrogens (tertiary/aromatic N) is 1. The van der Waals surface area contributed by atoms with Gasteiger partial charge in [0.2, 0.25) is 11.8 Å². The zero-order valence-corrected chi connectivity index (χ0v) is 22.7. The Bertz CT molecular complexity index is 1140. The molecule has 1 saturated heterocycles. The standard InChI is InChI=1S/C30H41N5O4/c1-20(29(38)33-24-11-6-3-7-12-24)32-19-27(36)26(15-21-9-4-2-5-10-21)34-30(39)22-16-23(31)18-25(17-22)35-14-8-13-28(35)37/h2,4-5,9-10,16-18,20,24,26-27,32,36H,3,6-8,11-15,19,31H2,1H3,(H,33,38)(H,34,39)/t20-,26-,27-/m0/s1. The number of nitrogens with one attached hydrogen (secondary N) is 3. The molecule has 2 aromatic rings. The highest BCUT2D eigenvalue weighted by molar-refractivity contribution is 6.00. The highest BCUT2D eigenvalue weighted by Crippen LogP contribution is 2.25. The molecule has 1 aliphatic heterocycles. The minimum atomic E-state index is -0.959. The van der Waals surface area contributed by atoms with Crippen LogP contribution in [-0.4, -0.2) is 60.1 Å². The van der Waals surface area contributed by atoms with Crippen molar-refractivity contribution in [2.45, 2.75) is 82.5 Å². The quantitative estimate of drug-likeness (QED) is 0.281. The van der Waals surface area contributed by atoms with Gasteiger partial charge < -0.3 is 31.7 Å². The number of carbonyl (C=O) groups is 3. The van der Waals surface area contributed by atoms with E-state index in [0.717, 1.165) is 37.7 Å². The third kappa shape index (κ3) is 8.03. The van der Waals surface area contributed by atoms with Gasteiger partial charge in [0.15, 0.2) is 0 Å². The molecule has 1 saturated carbocycles. The van der Waals surface area contributed by atoms with Crippen LogP contribution in [0.25, 0.3) is 0 Å². The van der Waals surface area contributed by atoms with E-state index in [0.29, 0.717) is 36.3 Å². The molecule has 9 nitrogen and oxygen atoms in total. The number of nitrogen functional groups attached to an aromatic ring is 1. The lowest BCUT2D eigenvalue weighted by molar-refractivity contribution is -0.123. The van der Waals surface area contributed by atoms with E-state index in [1.165, 1.54) is 6.42 Å². The number of anilines is 2. The zero-order chi connectivity index (χ0) is 27.8. The summed E-state index contributed by atoms with van der Waals surface area (Å²) in [6.45, 7) is 2.50. The molecule has 210 valence electrons. The van der Waals surface area contributed by atoms with Crippen LogP contribution in [0.3, 0.4) is 0 Å². The molecule has 2 fully saturated rings. The smallest absolute Gasteiger partial charge is 0.251 e. The van der Waals surface area contributed by atoms with Crippen molar-refractivity contribution >= 4 is 29.1 Å². The Morgan fingerprint density at radius 2 is 1.82 bits per heavy atom. The van der Waals surface area contributed by atoms with Gasteiger partial charge in [0.1, 0.15) is 0 Å². The lowest BCUT2D eigenvalue weighted by atomic mass is 9.95. The van der Waals surface area contributed by atoms with Crippen LogP contribution in [0.5, 0.6) is 0 Å². The Morgan fingerprint density at radius 3 is 2.51 bits per heavy atom. The molecule has 1 aliphatic carbocycles. The first kappa shape index (κ1) is 28.6. The monoisotopic (exact) mass is 535 g/mol. The molecule has 2 aliphatic rings. The average molecular weight is 536 g/mol. The summed E-state index contributed by atoms with van der Waals surface area (Å²) in [6.07, 6.45) is 6.18. The van der Waals surface area contributed by atoms with E-state index in [9.17, 15) is 19.5 Å². The molecule has 4 rings (SSSR count). The van der Waals surface area contributed by atoms with E-state index in [1.807, 2.05) is 30.3 Å². The van der Waals surface area contributed by atoms with Gasteiger partial charge in [-0.15, -0.1) is 0 Å². The second kappa shape index (κ2) is 13.6. The second-order valence-corrected chi connectivity index (χ2v) is 10.8. The van der Waals surface area contributed by atoms with Gasteiger partial charge in [-0.3, -0.25) is 14.4 Å². The van der Waals surface area contributed by atoms with Crippen LogP contribution in [-0.2, 0) is 16.0 Å². The molecule has 6 N–H and O–H groups in total. The van der Waals surface area contributed by atoms with Gasteiger partial charge in [-0.25, -0.2) is 0 Å². The number of carbonyl (C=O) groups excluding carboxylic acids is 3. The van der Waals surface area contributed by atoms with Gasteiger partial charge in [-0.2, -0.15) is 0 Å². The summed E-state index contributed by atoms with van der Waals surface area (Å²) in [5.74, 6) is -0.461. The van der Waals surface area contributed by atoms with Crippen LogP contribution in [0.2, 0.25) is 0 Å². The summed E-state index contributed by atoms with van der Waals surface area (Å²) in [4.78, 5) is 39.9. The molecule has 39 heavy (non-hydrogen) atoms. The molecule has 1 heterocycles. The van der Waals surface area contributed by atoms with Crippen molar-refractivity contribution in [2.24, 2.45) is 0 Å². The minimum absolute atomic E-state index is 0.0112. The molecular weight excluding hydrogens is 494 g/mol. The van der Waals surface area contributed by atoms with Crippen molar-refractivity contribution in [2.75, 3.05) is 23.7 Å². The van der Waals surface area contributed by atoms with Gasteiger partial charge in [0, 0.05) is 42.5 Å². The van der Waals surface area contributed by atoms with Crippen LogP contribution >= 0.6 is 0 Å². The molecule has 0 unspecified atom stereocenters. The zero-order valence-electron chi connectivity index (χ0n) is 22.7. The second-order valence-electron chi connectivity index (χ2n) is 10.8. The van der Waals surface area contributed by atoms with E-state index in [1.54, 1.807) is 30.0 Å². The topological polar surface area (TPSA) is 137 Å². The lowest BCUT2D eigenvalue weighted by Crippen LogP contribution is -2.53. The fourth-order valence-corrected chi connectivity index (χ4v) is 5.35. The summed E-state index contributed by atoms with van der Waals surface area (Å²) in [5, 5.41) is 20.4. The highest BCUT2D eigenvalue weighted by Gasteiger charge is 2.27. The maximum atomic E-state index is 13.4. The van der Waals surface area contributed by atoms with E-state index in [2.05, 4.69) is 16.0 Å². The number of hydrogen-bond donors (Lipinski definition) is 5. The number of aliphatic hydroxyl groups excluding tert-OH is 1. The highest BCUT2D eigenvalue weighted by atomic mass is 16.3. The first-order valence-electron chi connectivity index (χ1n) is 14.1. The van der Waals surface area contributed by atoms with Gasteiger partial charge >= 0.3 is 0 Å². The summed E-state index contributed by atoms with van der Waals surface area (Å²) in [7, 11) is 0. The first-order valence-corrected chi connectivity index (χ1v) is 14.1. The van der Waals surface area contributed by atoms with Crippen molar-refractivity contribution in [1.29, 1.82) is 0 Å². The Labute approximate surface area is 230 Å². The van der Waals surface area contributed by atoms with Crippen LogP contribution in [0, 0.1) is 0 Å². The average Bonchev–Trinajstić information content (AvgIpc) is 3.37. The number of amides is 3. The molecular formula is C30H41N5O4. The number of aliphatic hydroxyl groups is 1. The Kier molecular flexibility index (Phi) is 9.95. The van der Waals surface area contributed by atoms with E-state index in [-0.39, 0.29) is 24.4 Å². The Balaban J connectivity index is 1.42. The maximum absolute atomic E-state index is 13.4. The van der Waals surface area contributed by atoms with Crippen LogP contribution in [0.1, 0.15) is 67.8 Å². The fraction of sp³-hybridized carbons (Fsp3) is 0.500. The Morgan fingerprint density at radius 1 is 1.08 bits per heavy atom. The van der Waals surface area contributed by atoms with E-state index < -0.39 is 24.1 Å². The third-order valence-corrected chi connectivity index (χ3v) is 7.64. The SMILES string of the molecule is C[C@H](NC[C@H](O)[C@H](Cc1ccccc1)NC(=O)c1cc(N)cc(N2CCCC2=O)c1)C(=O)NC1CCCCC1. The minimum Gasteiger partial charge on any atom is -0.399 e. The van der Waals surface area contributed by atoms with Crippen molar-refractivity contribution < 1.29 is 19.5 Å². The summed E-state index contributed by atoms with van der Waals surface area (Å²) in [6, 6.07) is 13.6. The number of benzene rings is 2. The maximum Gasteiger partial charge on any atom is 0.251 e. The summed E-state index contributed by atoms with van der Waals surface area (Å²) >= 11 is 0. The summed E-state index contributed by atoms with van der Waals surface area (Å²) < 4.78 is 0. The fourth-order valence-electron chi connectivity index (χ4n) is 5.35. The van der Waals surface area contributed by atoms with Crippen molar-refractivity contribution in [1.82, 2.24) is 16.0 Å². The van der Waals surface area contributed by atoms with Gasteiger partial charge in [0.05, 0.1) is 18.2 Å². The number of nitrogens with two attached hydrogens (primary N) is 1. The molecule has 0 bridgehead atoms. The van der Waals surface area contributed by atoms with E-state index in [4.69, 9.17) is 5.73 Å². The summed E-state index contributed by atoms with van der Waals surface area (Å²) in [5.41, 5.74) is 8.35. The lowest BCUT2D eigenvalue weighted by Gasteiger charge is -2.27. The predicted octanol–water partition coefficient (Wildman–Crippen LogP) is 2.52. The molecule has 9 heteroatoms. The number of rotatable bonds is 11. The normalized spacial score (nSPS) is 18.4. The van der Waals surface area contributed by atoms with Crippen molar-refractivity contribution in [3.05, 3.63) is 59.7 Å². The van der Waals surface area contributed by atoms with Crippen LogP contribution in [0.15, 0.2) is 48.5 Å². The predicted molar refractivity (Wildman–Crippen MR) is 152 cm³/mol. The van der Waals surface area contributed by atoms with Gasteiger partial charge in [0.25, 0.3) is 5.91 Å². The first-order chi connectivity index (χ1) is 18.8. The van der Waals surface area contributed by atoms with Crippen molar-refractivity contribution in [3.8, 4) is 0 Å². The molecule has 0 spiro atoms. The van der Waals surface area contributed by atoms with Crippen LogP contribution in [0.4, 0.5) is 11.4 Å². The molecule has 3 atom stereocenters. The molecule has 3 amide bonds. The van der Waals surface area contributed by atoms with Crippen molar-refractivity contribution in [3.63, 3.8) is 0 Å². The van der Waals surface area contributed by atoms with Gasteiger partial charge in [-0.1, -0.05) is 49.6 Å². The molecule has 2 aromatic carbocycles. The largest absolute Gasteiger partial charge is 0.399 e. The van der Waals surface area contributed by atoms with Gasteiger partial charge in [-0.05, 0) is 56.4 Å². The molecule has 0 aromatic heterocycles.